The third-order valence-electron chi connectivity index (χ3n) is 2.59. The third-order valence-corrected chi connectivity index (χ3v) is 2.59. The number of benzene rings is 1. The fourth-order valence-corrected chi connectivity index (χ4v) is 1.70. The van der Waals surface area contributed by atoms with Crippen molar-refractivity contribution in [3.63, 3.8) is 0 Å². The van der Waals surface area contributed by atoms with Crippen LogP contribution < -0.4 is 5.73 Å². The van der Waals surface area contributed by atoms with Crippen LogP contribution in [0.1, 0.15) is 27.4 Å². The molecule has 0 saturated heterocycles. The first-order chi connectivity index (χ1) is 9.40. The molecule has 106 valence electrons. The van der Waals surface area contributed by atoms with E-state index < -0.39 is 24.3 Å². The summed E-state index contributed by atoms with van der Waals surface area (Å²) in [6.45, 7) is -0.522. The van der Waals surface area contributed by atoms with Crippen LogP contribution in [0.25, 0.3) is 0 Å². The number of ether oxygens (including phenoxy) is 1. The molecule has 1 atom stereocenters. The summed E-state index contributed by atoms with van der Waals surface area (Å²) in [4.78, 5) is 22.6. The molecule has 0 aliphatic rings. The molecule has 1 aromatic carbocycles. The van der Waals surface area contributed by atoms with Gasteiger partial charge in [0.1, 0.15) is 5.92 Å². The lowest BCUT2D eigenvalue weighted by Crippen LogP contribution is -2.23. The zero-order chi connectivity index (χ0) is 15.3. The predicted octanol–water partition coefficient (Wildman–Crippen LogP) is 0.255. The van der Waals surface area contributed by atoms with Crippen molar-refractivity contribution in [2.24, 2.45) is 5.73 Å². The molecule has 0 aliphatic heterocycles. The average molecular weight is 278 g/mol. The van der Waals surface area contributed by atoms with Gasteiger partial charge in [-0.1, -0.05) is 6.07 Å². The predicted molar refractivity (Wildman–Crippen MR) is 66.0 cm³/mol. The van der Waals surface area contributed by atoms with Gasteiger partial charge in [-0.3, -0.25) is 10.0 Å². The molecule has 0 radical (unpaired) electrons. The van der Waals surface area contributed by atoms with Crippen molar-refractivity contribution in [3.8, 4) is 6.07 Å². The van der Waals surface area contributed by atoms with Gasteiger partial charge in [0, 0.05) is 6.54 Å². The molecule has 0 aromatic heterocycles. The minimum absolute atomic E-state index is 0.120. The first-order valence-corrected chi connectivity index (χ1v) is 5.44. The molecule has 3 N–H and O–H groups in total. The second-order valence-electron chi connectivity index (χ2n) is 3.88. The summed E-state index contributed by atoms with van der Waals surface area (Å²) in [5, 5.41) is 28.1. The maximum Gasteiger partial charge on any atom is 0.337 e. The highest BCUT2D eigenvalue weighted by Gasteiger charge is 2.21. The van der Waals surface area contributed by atoms with E-state index in [-0.39, 0.29) is 21.9 Å². The second-order valence-corrected chi connectivity index (χ2v) is 3.88. The Hall–Kier alpha value is -2.47. The summed E-state index contributed by atoms with van der Waals surface area (Å²) in [6, 6.07) is 5.62. The van der Waals surface area contributed by atoms with Crippen LogP contribution in [-0.2, 0) is 16.1 Å². The number of nitriles is 1. The standard InChI is InChI=1S/C12H12N3O5/c1-20-12(17)7-2-3-9(10(5-13)11(14)16)8(4-7)6-15(18)19/h2-4,10,18H,6H2,1H3,(H2,14,16)/q-1. The van der Waals surface area contributed by atoms with Gasteiger partial charge in [0.2, 0.25) is 5.91 Å². The molecule has 8 nitrogen and oxygen atoms in total. The lowest BCUT2D eigenvalue weighted by atomic mass is 9.93. The number of rotatable bonds is 5. The van der Waals surface area contributed by atoms with Crippen molar-refractivity contribution in [2.45, 2.75) is 12.5 Å². The van der Waals surface area contributed by atoms with E-state index in [2.05, 4.69) is 4.74 Å². The second kappa shape index (κ2) is 6.63. The van der Waals surface area contributed by atoms with E-state index in [9.17, 15) is 14.8 Å². The van der Waals surface area contributed by atoms with Crippen molar-refractivity contribution in [2.75, 3.05) is 7.11 Å². The minimum atomic E-state index is -1.28. The molecule has 0 spiro atoms. The number of hydrogen-bond donors (Lipinski definition) is 2. The molecule has 1 rings (SSSR count). The Morgan fingerprint density at radius 1 is 1.60 bits per heavy atom. The molecular weight excluding hydrogens is 266 g/mol. The van der Waals surface area contributed by atoms with Crippen LogP contribution in [0.4, 0.5) is 0 Å². The summed E-state index contributed by atoms with van der Waals surface area (Å²) in [5.74, 6) is -2.83. The largest absolute Gasteiger partial charge is 0.762 e. The fraction of sp³-hybridized carbons (Fsp3) is 0.250. The number of hydroxylamine groups is 2. The van der Waals surface area contributed by atoms with Gasteiger partial charge in [0.25, 0.3) is 0 Å². The van der Waals surface area contributed by atoms with Gasteiger partial charge in [-0.2, -0.15) is 5.26 Å². The smallest absolute Gasteiger partial charge is 0.337 e. The number of carbonyl (C=O) groups is 2. The zero-order valence-corrected chi connectivity index (χ0v) is 10.6. The van der Waals surface area contributed by atoms with Gasteiger partial charge in [-0.05, 0) is 23.3 Å². The molecule has 0 aliphatic carbocycles. The number of methoxy groups -OCH3 is 1. The van der Waals surface area contributed by atoms with Crippen molar-refractivity contribution in [1.82, 2.24) is 5.23 Å². The molecule has 0 saturated carbocycles. The zero-order valence-electron chi connectivity index (χ0n) is 10.6. The van der Waals surface area contributed by atoms with Gasteiger partial charge in [-0.25, -0.2) is 4.79 Å². The fourth-order valence-electron chi connectivity index (χ4n) is 1.70. The number of carbonyl (C=O) groups excluding carboxylic acids is 2. The summed E-state index contributed by atoms with van der Waals surface area (Å²) in [7, 11) is 1.18. The molecule has 20 heavy (non-hydrogen) atoms. The number of nitrogens with two attached hydrogens (primary N) is 1. The number of esters is 1. The van der Waals surface area contributed by atoms with E-state index in [0.29, 0.717) is 0 Å². The Balaban J connectivity index is 3.33. The van der Waals surface area contributed by atoms with E-state index in [1.54, 1.807) is 6.07 Å². The average Bonchev–Trinajstić information content (AvgIpc) is 2.39. The van der Waals surface area contributed by atoms with E-state index in [1.165, 1.54) is 25.3 Å². The van der Waals surface area contributed by atoms with Crippen LogP contribution in [0, 0.1) is 16.5 Å². The first-order valence-electron chi connectivity index (χ1n) is 5.44. The Labute approximate surface area is 114 Å². The highest BCUT2D eigenvalue weighted by atomic mass is 16.8. The molecule has 0 bridgehead atoms. The lowest BCUT2D eigenvalue weighted by molar-refractivity contribution is -0.118. The molecule has 1 unspecified atom stereocenters. The van der Waals surface area contributed by atoms with Crippen molar-refractivity contribution < 1.29 is 19.5 Å². The van der Waals surface area contributed by atoms with Gasteiger partial charge in [0.05, 0.1) is 18.7 Å². The van der Waals surface area contributed by atoms with Crippen molar-refractivity contribution in [3.05, 3.63) is 40.1 Å². The number of hydrogen-bond acceptors (Lipinski definition) is 7. The maximum atomic E-state index is 11.4. The molecule has 0 fully saturated rings. The summed E-state index contributed by atoms with van der Waals surface area (Å²) < 4.78 is 4.52. The highest BCUT2D eigenvalue weighted by molar-refractivity contribution is 5.90. The van der Waals surface area contributed by atoms with Crippen LogP contribution in [0.15, 0.2) is 18.2 Å². The quantitative estimate of drug-likeness (QED) is 0.581. The van der Waals surface area contributed by atoms with Gasteiger partial charge < -0.3 is 20.9 Å². The lowest BCUT2D eigenvalue weighted by Gasteiger charge is -2.22. The topological polar surface area (TPSA) is 140 Å². The number of nitrogens with zero attached hydrogens (tertiary/aromatic N) is 2. The Bertz CT molecular complexity index is 565. The normalized spacial score (nSPS) is 11.8. The number of amides is 1. The Morgan fingerprint density at radius 3 is 2.70 bits per heavy atom. The van der Waals surface area contributed by atoms with Crippen molar-refractivity contribution in [1.29, 1.82) is 5.26 Å². The van der Waals surface area contributed by atoms with Crippen LogP contribution in [0.2, 0.25) is 0 Å². The van der Waals surface area contributed by atoms with Crippen LogP contribution in [0.3, 0.4) is 0 Å². The van der Waals surface area contributed by atoms with Crippen LogP contribution in [-0.4, -0.2) is 29.4 Å². The van der Waals surface area contributed by atoms with E-state index in [0.717, 1.165) is 0 Å². The molecule has 1 amide bonds. The van der Waals surface area contributed by atoms with Crippen molar-refractivity contribution >= 4 is 11.9 Å². The molecular formula is C12H12N3O5-. The molecule has 8 heteroatoms. The van der Waals surface area contributed by atoms with Crippen LogP contribution >= 0.6 is 0 Å². The Morgan fingerprint density at radius 2 is 2.25 bits per heavy atom. The first kappa shape index (κ1) is 15.6. The van der Waals surface area contributed by atoms with Gasteiger partial charge in [0.15, 0.2) is 0 Å². The van der Waals surface area contributed by atoms with E-state index >= 15 is 0 Å². The SMILES string of the molecule is COC(=O)c1ccc(C(C#N)C(N)=O)c(CN([O-])O)c1. The van der Waals surface area contributed by atoms with E-state index in [4.69, 9.17) is 16.2 Å². The van der Waals surface area contributed by atoms with Gasteiger partial charge in [-0.15, -0.1) is 0 Å². The number of primary amides is 1. The summed E-state index contributed by atoms with van der Waals surface area (Å²) in [5.41, 5.74) is 5.51. The Kier molecular flexibility index (Phi) is 5.16. The minimum Gasteiger partial charge on any atom is -0.762 e. The van der Waals surface area contributed by atoms with E-state index in [1.807, 2.05) is 0 Å². The summed E-state index contributed by atoms with van der Waals surface area (Å²) in [6.07, 6.45) is 0. The van der Waals surface area contributed by atoms with Crippen LogP contribution in [0.5, 0.6) is 0 Å². The monoisotopic (exact) mass is 278 g/mol. The molecule has 0 heterocycles. The third kappa shape index (κ3) is 3.52. The molecule has 1 aromatic rings. The highest BCUT2D eigenvalue weighted by Crippen LogP contribution is 2.22. The summed E-state index contributed by atoms with van der Waals surface area (Å²) >= 11 is 0. The van der Waals surface area contributed by atoms with Gasteiger partial charge >= 0.3 is 5.97 Å². The maximum absolute atomic E-state index is 11.4.